The third-order valence-corrected chi connectivity index (χ3v) is 6.20. The Morgan fingerprint density at radius 1 is 1.16 bits per heavy atom. The van der Waals surface area contributed by atoms with Gasteiger partial charge in [0, 0.05) is 44.2 Å². The molecule has 1 aliphatic rings. The molecule has 11 heteroatoms. The van der Waals surface area contributed by atoms with E-state index in [-0.39, 0.29) is 11.7 Å². The van der Waals surface area contributed by atoms with E-state index in [1.807, 2.05) is 12.4 Å². The number of amides is 1. The van der Waals surface area contributed by atoms with Gasteiger partial charge in [-0.1, -0.05) is 0 Å². The van der Waals surface area contributed by atoms with Crippen LogP contribution in [0.3, 0.4) is 0 Å². The van der Waals surface area contributed by atoms with Crippen LogP contribution in [0.25, 0.3) is 22.3 Å². The molecule has 0 spiro atoms. The molecule has 164 valence electrons. The molecule has 4 aromatic rings. The molecular weight excluding hydrogens is 431 g/mol. The van der Waals surface area contributed by atoms with Gasteiger partial charge in [0.25, 0.3) is 0 Å². The first-order valence-electron chi connectivity index (χ1n) is 10.2. The lowest BCUT2D eigenvalue weighted by Crippen LogP contribution is -2.49. The summed E-state index contributed by atoms with van der Waals surface area (Å²) in [4.78, 5) is 30.0. The number of hydrogen-bond donors (Lipinski definition) is 1. The van der Waals surface area contributed by atoms with Crippen LogP contribution >= 0.6 is 11.3 Å². The standard InChI is InChI=1S/C21H21FN8OS/c1-28-19-16(10-25-28)20(24-13-23-19)30-8-6-29(7-9-30)11-18(31)27-21-26-17(12-32-21)14-2-4-15(22)5-3-14/h2-5,10,12-13H,6-9,11H2,1H3,(H,26,27,31). The summed E-state index contributed by atoms with van der Waals surface area (Å²) >= 11 is 1.35. The van der Waals surface area contributed by atoms with E-state index in [2.05, 4.69) is 35.2 Å². The van der Waals surface area contributed by atoms with Crippen LogP contribution < -0.4 is 10.2 Å². The van der Waals surface area contributed by atoms with E-state index in [1.165, 1.54) is 23.5 Å². The Labute approximate surface area is 187 Å². The minimum atomic E-state index is -0.290. The van der Waals surface area contributed by atoms with Crippen molar-refractivity contribution in [1.82, 2.24) is 29.6 Å². The van der Waals surface area contributed by atoms with Crippen molar-refractivity contribution in [3.8, 4) is 11.3 Å². The number of piperazine rings is 1. The predicted octanol–water partition coefficient (Wildman–Crippen LogP) is 2.39. The maximum Gasteiger partial charge on any atom is 0.240 e. The Bertz CT molecular complexity index is 1250. The lowest BCUT2D eigenvalue weighted by molar-refractivity contribution is -0.117. The first-order valence-corrected chi connectivity index (χ1v) is 11.1. The van der Waals surface area contributed by atoms with Crippen LogP contribution in [0.2, 0.25) is 0 Å². The van der Waals surface area contributed by atoms with Crippen LogP contribution in [0, 0.1) is 5.82 Å². The fraction of sp³-hybridized carbons (Fsp3) is 0.286. The highest BCUT2D eigenvalue weighted by Crippen LogP contribution is 2.25. The second-order valence-corrected chi connectivity index (χ2v) is 8.42. The summed E-state index contributed by atoms with van der Waals surface area (Å²) in [5.41, 5.74) is 2.33. The zero-order chi connectivity index (χ0) is 22.1. The molecule has 0 radical (unpaired) electrons. The molecule has 0 saturated carbocycles. The van der Waals surface area contributed by atoms with Crippen LogP contribution in [0.5, 0.6) is 0 Å². The first kappa shape index (κ1) is 20.5. The van der Waals surface area contributed by atoms with E-state index in [0.717, 1.165) is 48.6 Å². The van der Waals surface area contributed by atoms with Crippen LogP contribution in [0.1, 0.15) is 0 Å². The third-order valence-electron chi connectivity index (χ3n) is 5.44. The predicted molar refractivity (Wildman–Crippen MR) is 121 cm³/mol. The quantitative estimate of drug-likeness (QED) is 0.497. The van der Waals surface area contributed by atoms with Gasteiger partial charge in [-0.25, -0.2) is 19.3 Å². The molecule has 1 saturated heterocycles. The molecule has 1 fully saturated rings. The Balaban J connectivity index is 1.16. The summed E-state index contributed by atoms with van der Waals surface area (Å²) in [5.74, 6) is 0.487. The highest BCUT2D eigenvalue weighted by atomic mass is 32.1. The fourth-order valence-corrected chi connectivity index (χ4v) is 4.50. The number of aromatic nitrogens is 5. The van der Waals surface area contributed by atoms with Crippen molar-refractivity contribution in [2.45, 2.75) is 0 Å². The van der Waals surface area contributed by atoms with Crippen LogP contribution in [0.15, 0.2) is 42.2 Å². The molecule has 0 atom stereocenters. The van der Waals surface area contributed by atoms with Crippen molar-refractivity contribution in [2.24, 2.45) is 7.05 Å². The zero-order valence-electron chi connectivity index (χ0n) is 17.4. The van der Waals surface area contributed by atoms with Crippen molar-refractivity contribution in [2.75, 3.05) is 42.9 Å². The Kier molecular flexibility index (Phi) is 5.50. The number of carbonyl (C=O) groups is 1. The van der Waals surface area contributed by atoms with Crippen LogP contribution in [0.4, 0.5) is 15.3 Å². The fourth-order valence-electron chi connectivity index (χ4n) is 3.77. The minimum Gasteiger partial charge on any atom is -0.353 e. The molecule has 9 nitrogen and oxygen atoms in total. The number of aryl methyl sites for hydroxylation is 1. The normalized spacial score (nSPS) is 14.8. The van der Waals surface area contributed by atoms with Gasteiger partial charge in [-0.05, 0) is 24.3 Å². The number of nitrogens with zero attached hydrogens (tertiary/aromatic N) is 7. The van der Waals surface area contributed by atoms with E-state index < -0.39 is 0 Å². The molecule has 5 rings (SSSR count). The first-order chi connectivity index (χ1) is 15.6. The Hall–Kier alpha value is -3.44. The van der Waals surface area contributed by atoms with Gasteiger partial charge in [0.1, 0.15) is 18.0 Å². The molecule has 0 unspecified atom stereocenters. The summed E-state index contributed by atoms with van der Waals surface area (Å²) < 4.78 is 14.8. The van der Waals surface area contributed by atoms with E-state index in [0.29, 0.717) is 17.4 Å². The smallest absolute Gasteiger partial charge is 0.240 e. The second-order valence-electron chi connectivity index (χ2n) is 7.56. The lowest BCUT2D eigenvalue weighted by Gasteiger charge is -2.35. The number of thiazole rings is 1. The highest BCUT2D eigenvalue weighted by molar-refractivity contribution is 7.14. The maximum absolute atomic E-state index is 13.1. The van der Waals surface area contributed by atoms with E-state index in [1.54, 1.807) is 29.3 Å². The number of fused-ring (bicyclic) bond motifs is 1. The number of halogens is 1. The van der Waals surface area contributed by atoms with Gasteiger partial charge in [0.05, 0.1) is 23.8 Å². The van der Waals surface area contributed by atoms with Gasteiger partial charge < -0.3 is 10.2 Å². The molecule has 0 aliphatic carbocycles. The molecule has 1 aliphatic heterocycles. The molecule has 0 bridgehead atoms. The number of rotatable bonds is 5. The molecule has 3 aromatic heterocycles. The largest absolute Gasteiger partial charge is 0.353 e. The Morgan fingerprint density at radius 2 is 1.94 bits per heavy atom. The van der Waals surface area contributed by atoms with Crippen molar-refractivity contribution in [3.63, 3.8) is 0 Å². The number of carbonyl (C=O) groups excluding carboxylic acids is 1. The second kappa shape index (κ2) is 8.60. The van der Waals surface area contributed by atoms with E-state index in [4.69, 9.17) is 0 Å². The summed E-state index contributed by atoms with van der Waals surface area (Å²) in [6.45, 7) is 3.32. The van der Waals surface area contributed by atoms with Crippen LogP contribution in [-0.4, -0.2) is 68.3 Å². The van der Waals surface area contributed by atoms with Gasteiger partial charge in [0.15, 0.2) is 10.8 Å². The molecule has 32 heavy (non-hydrogen) atoms. The van der Waals surface area contributed by atoms with Gasteiger partial charge >= 0.3 is 0 Å². The zero-order valence-corrected chi connectivity index (χ0v) is 18.2. The average molecular weight is 453 g/mol. The molecule has 1 aromatic carbocycles. The SMILES string of the molecule is Cn1ncc2c(N3CCN(CC(=O)Nc4nc(-c5ccc(F)cc5)cs4)CC3)ncnc21. The monoisotopic (exact) mass is 452 g/mol. The van der Waals surface area contributed by atoms with Gasteiger partial charge in [0.2, 0.25) is 5.91 Å². The minimum absolute atomic E-state index is 0.102. The van der Waals surface area contributed by atoms with Crippen LogP contribution in [-0.2, 0) is 11.8 Å². The molecule has 1 N–H and O–H groups in total. The van der Waals surface area contributed by atoms with Gasteiger partial charge in [-0.15, -0.1) is 11.3 Å². The highest BCUT2D eigenvalue weighted by Gasteiger charge is 2.22. The summed E-state index contributed by atoms with van der Waals surface area (Å²) in [6.07, 6.45) is 3.35. The average Bonchev–Trinajstić information content (AvgIpc) is 3.42. The van der Waals surface area contributed by atoms with Gasteiger partial charge in [-0.2, -0.15) is 5.10 Å². The Morgan fingerprint density at radius 3 is 2.72 bits per heavy atom. The van der Waals surface area contributed by atoms with Crippen molar-refractivity contribution >= 4 is 39.2 Å². The van der Waals surface area contributed by atoms with E-state index >= 15 is 0 Å². The summed E-state index contributed by atoms with van der Waals surface area (Å²) in [6, 6.07) is 6.14. The molecule has 1 amide bonds. The van der Waals surface area contributed by atoms with Crippen molar-refractivity contribution in [3.05, 3.63) is 48.0 Å². The third kappa shape index (κ3) is 4.16. The van der Waals surface area contributed by atoms with Crippen molar-refractivity contribution < 1.29 is 9.18 Å². The number of benzene rings is 1. The lowest BCUT2D eigenvalue weighted by atomic mass is 10.2. The summed E-state index contributed by atoms with van der Waals surface area (Å²) in [5, 5.41) is 10.5. The van der Waals surface area contributed by atoms with E-state index in [9.17, 15) is 9.18 Å². The van der Waals surface area contributed by atoms with Crippen molar-refractivity contribution in [1.29, 1.82) is 0 Å². The molecule has 4 heterocycles. The number of anilines is 2. The maximum atomic E-state index is 13.1. The number of nitrogens with one attached hydrogen (secondary N) is 1. The van der Waals surface area contributed by atoms with Gasteiger partial charge in [-0.3, -0.25) is 14.4 Å². The summed E-state index contributed by atoms with van der Waals surface area (Å²) in [7, 11) is 1.86. The molecular formula is C21H21FN8OS. The number of hydrogen-bond acceptors (Lipinski definition) is 8. The topological polar surface area (TPSA) is 92.1 Å².